The summed E-state index contributed by atoms with van der Waals surface area (Å²) >= 11 is 0. The summed E-state index contributed by atoms with van der Waals surface area (Å²) in [5, 5.41) is 2.78. The minimum Gasteiger partial charge on any atom is -0.350 e. The normalized spacial score (nSPS) is 12.7. The maximum absolute atomic E-state index is 14.3. The molecule has 0 heterocycles. The molecule has 2 amide bonds. The summed E-state index contributed by atoms with van der Waals surface area (Å²) in [5.41, 5.74) is -0.316. The van der Waals surface area contributed by atoms with Crippen LogP contribution < -0.4 is 9.62 Å². The summed E-state index contributed by atoms with van der Waals surface area (Å²) in [5.74, 6) is -2.31. The molecule has 0 aliphatic rings. The highest BCUT2D eigenvalue weighted by molar-refractivity contribution is 7.92. The molecule has 0 saturated carbocycles. The lowest BCUT2D eigenvalue weighted by Crippen LogP contribution is -2.54. The molecule has 0 aliphatic heterocycles. The number of sulfonamides is 1. The first-order chi connectivity index (χ1) is 15.2. The van der Waals surface area contributed by atoms with Gasteiger partial charge in [-0.2, -0.15) is 0 Å². The molecule has 0 spiro atoms. The summed E-state index contributed by atoms with van der Waals surface area (Å²) in [6, 6.07) is 9.43. The Hall–Kier alpha value is -3.01. The highest BCUT2D eigenvalue weighted by Crippen LogP contribution is 2.20. The van der Waals surface area contributed by atoms with E-state index in [0.717, 1.165) is 27.6 Å². The molecule has 0 aromatic heterocycles. The molecule has 0 saturated heterocycles. The van der Waals surface area contributed by atoms with Crippen LogP contribution in [0, 0.1) is 11.6 Å². The molecule has 0 aliphatic carbocycles. The highest BCUT2D eigenvalue weighted by Gasteiger charge is 2.31. The molecule has 0 unspecified atom stereocenters. The Morgan fingerprint density at radius 3 is 2.12 bits per heavy atom. The van der Waals surface area contributed by atoms with Gasteiger partial charge in [-0.3, -0.25) is 13.9 Å². The molecular weight excluding hydrogens is 452 g/mol. The van der Waals surface area contributed by atoms with E-state index in [1.54, 1.807) is 26.8 Å². The van der Waals surface area contributed by atoms with Crippen LogP contribution in [0.5, 0.6) is 0 Å². The topological polar surface area (TPSA) is 86.8 Å². The van der Waals surface area contributed by atoms with Gasteiger partial charge in [-0.05, 0) is 58.0 Å². The SMILES string of the molecule is C[C@H](C(=O)NC(C)(C)C)N(Cc1ccccc1F)C(=O)CN(c1ccc(F)cc1)S(C)(=O)=O. The minimum absolute atomic E-state index is 0.0879. The first-order valence-electron chi connectivity index (χ1n) is 10.3. The van der Waals surface area contributed by atoms with E-state index in [1.165, 1.54) is 37.3 Å². The fourth-order valence-corrected chi connectivity index (χ4v) is 3.94. The van der Waals surface area contributed by atoms with Gasteiger partial charge in [-0.1, -0.05) is 18.2 Å². The van der Waals surface area contributed by atoms with E-state index in [9.17, 15) is 26.8 Å². The molecule has 7 nitrogen and oxygen atoms in total. The number of carbonyl (C=O) groups excluding carboxylic acids is 2. The number of amides is 2. The monoisotopic (exact) mass is 481 g/mol. The fourth-order valence-electron chi connectivity index (χ4n) is 3.09. The van der Waals surface area contributed by atoms with Gasteiger partial charge in [-0.15, -0.1) is 0 Å². The summed E-state index contributed by atoms with van der Waals surface area (Å²) in [6.45, 7) is 5.93. The zero-order chi connectivity index (χ0) is 25.0. The predicted octanol–water partition coefficient (Wildman–Crippen LogP) is 3.06. The number of nitrogens with one attached hydrogen (secondary N) is 1. The largest absolute Gasteiger partial charge is 0.350 e. The Labute approximate surface area is 193 Å². The van der Waals surface area contributed by atoms with Crippen molar-refractivity contribution in [3.05, 3.63) is 65.7 Å². The predicted molar refractivity (Wildman–Crippen MR) is 123 cm³/mol. The van der Waals surface area contributed by atoms with Gasteiger partial charge in [0.1, 0.15) is 24.2 Å². The second-order valence-corrected chi connectivity index (χ2v) is 10.7. The second-order valence-electron chi connectivity index (χ2n) is 8.77. The molecule has 10 heteroatoms. The molecule has 2 aromatic rings. The third kappa shape index (κ3) is 7.52. The van der Waals surface area contributed by atoms with E-state index in [0.29, 0.717) is 0 Å². The summed E-state index contributed by atoms with van der Waals surface area (Å²) in [6.07, 6.45) is 0.917. The molecule has 1 N–H and O–H groups in total. The van der Waals surface area contributed by atoms with Crippen LogP contribution in [0.25, 0.3) is 0 Å². The smallest absolute Gasteiger partial charge is 0.244 e. The maximum Gasteiger partial charge on any atom is 0.244 e. The van der Waals surface area contributed by atoms with Crippen LogP contribution in [-0.4, -0.2) is 49.5 Å². The van der Waals surface area contributed by atoms with Crippen molar-refractivity contribution in [2.24, 2.45) is 0 Å². The Morgan fingerprint density at radius 2 is 1.61 bits per heavy atom. The van der Waals surface area contributed by atoms with E-state index in [-0.39, 0.29) is 17.8 Å². The Balaban J connectivity index is 2.41. The highest BCUT2D eigenvalue weighted by atomic mass is 32.2. The second kappa shape index (κ2) is 10.3. The number of halogens is 2. The van der Waals surface area contributed by atoms with E-state index in [1.807, 2.05) is 0 Å². The van der Waals surface area contributed by atoms with Gasteiger partial charge < -0.3 is 10.2 Å². The number of hydrogen-bond acceptors (Lipinski definition) is 4. The maximum atomic E-state index is 14.3. The number of carbonyl (C=O) groups is 2. The fraction of sp³-hybridized carbons (Fsp3) is 0.391. The van der Waals surface area contributed by atoms with Gasteiger partial charge in [0.2, 0.25) is 21.8 Å². The average Bonchev–Trinajstić information content (AvgIpc) is 2.69. The molecule has 0 bridgehead atoms. The quantitative estimate of drug-likeness (QED) is 0.628. The van der Waals surface area contributed by atoms with Gasteiger partial charge in [-0.25, -0.2) is 17.2 Å². The van der Waals surface area contributed by atoms with Crippen LogP contribution >= 0.6 is 0 Å². The molecule has 0 fully saturated rings. The number of nitrogens with zero attached hydrogens (tertiary/aromatic N) is 2. The molecule has 0 radical (unpaired) electrons. The number of benzene rings is 2. The molecule has 180 valence electrons. The standard InChI is InChI=1S/C23H29F2N3O4S/c1-16(22(30)26-23(2,3)4)27(14-17-8-6-7-9-20(17)25)21(29)15-28(33(5,31)32)19-12-10-18(24)11-13-19/h6-13,16H,14-15H2,1-5H3,(H,26,30)/t16-/m1/s1. The van der Waals surface area contributed by atoms with E-state index < -0.39 is 51.6 Å². The first kappa shape index (κ1) is 26.2. The third-order valence-electron chi connectivity index (χ3n) is 4.76. The lowest BCUT2D eigenvalue weighted by Gasteiger charge is -2.33. The van der Waals surface area contributed by atoms with Gasteiger partial charge in [0.15, 0.2) is 0 Å². The molecule has 2 rings (SSSR count). The summed E-state index contributed by atoms with van der Waals surface area (Å²) in [7, 11) is -3.93. The van der Waals surface area contributed by atoms with Crippen molar-refractivity contribution in [1.82, 2.24) is 10.2 Å². The Morgan fingerprint density at radius 1 is 1.03 bits per heavy atom. The van der Waals surface area contributed by atoms with Crippen LogP contribution in [0.3, 0.4) is 0 Å². The molecule has 33 heavy (non-hydrogen) atoms. The molecule has 2 aromatic carbocycles. The van der Waals surface area contributed by atoms with E-state index >= 15 is 0 Å². The Kier molecular flexibility index (Phi) is 8.18. The minimum atomic E-state index is -3.93. The summed E-state index contributed by atoms with van der Waals surface area (Å²) < 4.78 is 53.3. The number of rotatable bonds is 8. The van der Waals surface area contributed by atoms with Crippen LogP contribution in [-0.2, 0) is 26.2 Å². The van der Waals surface area contributed by atoms with Gasteiger partial charge in [0, 0.05) is 17.6 Å². The van der Waals surface area contributed by atoms with E-state index in [4.69, 9.17) is 0 Å². The van der Waals surface area contributed by atoms with Crippen molar-refractivity contribution >= 4 is 27.5 Å². The van der Waals surface area contributed by atoms with Crippen LogP contribution in [0.15, 0.2) is 48.5 Å². The van der Waals surface area contributed by atoms with Crippen molar-refractivity contribution in [3.8, 4) is 0 Å². The lowest BCUT2D eigenvalue weighted by atomic mass is 10.1. The Bertz CT molecular complexity index is 1100. The summed E-state index contributed by atoms with van der Waals surface area (Å²) in [4.78, 5) is 27.2. The number of anilines is 1. The van der Waals surface area contributed by atoms with Gasteiger partial charge in [0.25, 0.3) is 0 Å². The third-order valence-corrected chi connectivity index (χ3v) is 5.90. The molecular formula is C23H29F2N3O4S. The molecule has 1 atom stereocenters. The van der Waals surface area contributed by atoms with Crippen molar-refractivity contribution < 1.29 is 26.8 Å². The van der Waals surface area contributed by atoms with Crippen LogP contribution in [0.4, 0.5) is 14.5 Å². The zero-order valence-electron chi connectivity index (χ0n) is 19.3. The van der Waals surface area contributed by atoms with Crippen molar-refractivity contribution in [1.29, 1.82) is 0 Å². The zero-order valence-corrected chi connectivity index (χ0v) is 20.1. The van der Waals surface area contributed by atoms with E-state index in [2.05, 4.69) is 5.32 Å². The van der Waals surface area contributed by atoms with Crippen LogP contribution in [0.1, 0.15) is 33.3 Å². The first-order valence-corrected chi connectivity index (χ1v) is 12.1. The van der Waals surface area contributed by atoms with Crippen molar-refractivity contribution in [3.63, 3.8) is 0 Å². The van der Waals surface area contributed by atoms with Crippen molar-refractivity contribution in [2.45, 2.75) is 45.8 Å². The van der Waals surface area contributed by atoms with Gasteiger partial charge in [0.05, 0.1) is 11.9 Å². The van der Waals surface area contributed by atoms with Crippen molar-refractivity contribution in [2.75, 3.05) is 17.1 Å². The van der Waals surface area contributed by atoms with Gasteiger partial charge >= 0.3 is 0 Å². The lowest BCUT2D eigenvalue weighted by molar-refractivity contribution is -0.140. The average molecular weight is 482 g/mol. The number of hydrogen-bond donors (Lipinski definition) is 1. The van der Waals surface area contributed by atoms with Crippen LogP contribution in [0.2, 0.25) is 0 Å².